The highest BCUT2D eigenvalue weighted by Crippen LogP contribution is 2.26. The lowest BCUT2D eigenvalue weighted by molar-refractivity contribution is -0.143. The van der Waals surface area contributed by atoms with Gasteiger partial charge in [0.15, 0.2) is 0 Å². The minimum atomic E-state index is -3.98. The molecule has 0 unspecified atom stereocenters. The van der Waals surface area contributed by atoms with Crippen LogP contribution in [-0.2, 0) is 0 Å². The van der Waals surface area contributed by atoms with E-state index in [1.54, 1.807) is 6.92 Å². The van der Waals surface area contributed by atoms with Gasteiger partial charge in [-0.2, -0.15) is 13.2 Å². The van der Waals surface area contributed by atoms with E-state index in [9.17, 15) is 13.2 Å². The van der Waals surface area contributed by atoms with Crippen molar-refractivity contribution in [2.45, 2.75) is 45.7 Å². The van der Waals surface area contributed by atoms with Gasteiger partial charge in [-0.15, -0.1) is 0 Å². The number of rotatable bonds is 4. The van der Waals surface area contributed by atoms with Gasteiger partial charge in [0.2, 0.25) is 0 Å². The van der Waals surface area contributed by atoms with Gasteiger partial charge in [0.1, 0.15) is 0 Å². The molecule has 0 heterocycles. The third-order valence-electron chi connectivity index (χ3n) is 1.63. The van der Waals surface area contributed by atoms with Gasteiger partial charge < -0.3 is 0 Å². The summed E-state index contributed by atoms with van der Waals surface area (Å²) in [5, 5.41) is 0. The summed E-state index contributed by atoms with van der Waals surface area (Å²) >= 11 is 0. The van der Waals surface area contributed by atoms with E-state index >= 15 is 0 Å². The number of halogens is 3. The molecule has 0 N–H and O–H groups in total. The van der Waals surface area contributed by atoms with E-state index in [2.05, 4.69) is 0 Å². The molecule has 0 nitrogen and oxygen atoms in total. The molecule has 3 heteroatoms. The molecule has 0 aromatic carbocycles. The van der Waals surface area contributed by atoms with Crippen molar-refractivity contribution in [2.24, 2.45) is 5.92 Å². The van der Waals surface area contributed by atoms with Crippen molar-refractivity contribution >= 4 is 0 Å². The fourth-order valence-electron chi connectivity index (χ4n) is 1.05. The third-order valence-corrected chi connectivity index (χ3v) is 1.63. The Morgan fingerprint density at radius 3 is 2.18 bits per heavy atom. The monoisotopic (exact) mass is 168 g/mol. The second-order valence-corrected chi connectivity index (χ2v) is 3.07. The van der Waals surface area contributed by atoms with E-state index in [0.717, 1.165) is 12.8 Å². The average molecular weight is 168 g/mol. The summed E-state index contributed by atoms with van der Waals surface area (Å²) in [5.41, 5.74) is 0. The maximum absolute atomic E-state index is 11.7. The maximum atomic E-state index is 11.7. The standard InChI is InChI=1S/C8H15F3/c1-3-4-5-7(2)6-8(9,10)11/h7H,3-6H2,1-2H3/t7-/m0/s1. The van der Waals surface area contributed by atoms with E-state index < -0.39 is 12.6 Å². The zero-order valence-electron chi connectivity index (χ0n) is 7.04. The quantitative estimate of drug-likeness (QED) is 0.599. The summed E-state index contributed by atoms with van der Waals surface area (Å²) in [5.74, 6) is -0.213. The molecule has 1 atom stereocenters. The molecule has 0 aromatic heterocycles. The summed E-state index contributed by atoms with van der Waals surface area (Å²) in [4.78, 5) is 0. The maximum Gasteiger partial charge on any atom is 0.389 e. The Bertz CT molecular complexity index is 96.0. The minimum absolute atomic E-state index is 0.213. The Morgan fingerprint density at radius 2 is 1.82 bits per heavy atom. The van der Waals surface area contributed by atoms with Crippen LogP contribution in [0.25, 0.3) is 0 Å². The predicted octanol–water partition coefficient (Wildman–Crippen LogP) is 3.77. The van der Waals surface area contributed by atoms with Crippen LogP contribution >= 0.6 is 0 Å². The summed E-state index contributed by atoms with van der Waals surface area (Å²) in [7, 11) is 0. The normalized spacial score (nSPS) is 15.0. The first-order valence-corrected chi connectivity index (χ1v) is 4.02. The van der Waals surface area contributed by atoms with E-state index in [0.29, 0.717) is 6.42 Å². The Balaban J connectivity index is 3.44. The summed E-state index contributed by atoms with van der Waals surface area (Å²) in [6.07, 6.45) is -2.05. The van der Waals surface area contributed by atoms with Crippen molar-refractivity contribution in [3.05, 3.63) is 0 Å². The number of unbranched alkanes of at least 4 members (excludes halogenated alkanes) is 1. The van der Waals surface area contributed by atoms with E-state index in [1.807, 2.05) is 6.92 Å². The van der Waals surface area contributed by atoms with Gasteiger partial charge in [-0.25, -0.2) is 0 Å². The van der Waals surface area contributed by atoms with Gasteiger partial charge in [-0.3, -0.25) is 0 Å². The van der Waals surface area contributed by atoms with Crippen LogP contribution in [-0.4, -0.2) is 6.18 Å². The van der Waals surface area contributed by atoms with Crippen LogP contribution in [0.3, 0.4) is 0 Å². The average Bonchev–Trinajstić information content (AvgIpc) is 1.79. The lowest BCUT2D eigenvalue weighted by Crippen LogP contribution is -2.12. The molecule has 0 aliphatic heterocycles. The Morgan fingerprint density at radius 1 is 1.27 bits per heavy atom. The molecule has 11 heavy (non-hydrogen) atoms. The summed E-state index contributed by atoms with van der Waals surface area (Å²) < 4.78 is 35.2. The molecule has 0 saturated heterocycles. The first-order valence-electron chi connectivity index (χ1n) is 4.02. The zero-order chi connectivity index (χ0) is 8.91. The first kappa shape index (κ1) is 10.8. The van der Waals surface area contributed by atoms with Crippen LogP contribution < -0.4 is 0 Å². The number of hydrogen-bond acceptors (Lipinski definition) is 0. The molecule has 0 aliphatic carbocycles. The molecule has 0 bridgehead atoms. The smallest absolute Gasteiger partial charge is 0.171 e. The topological polar surface area (TPSA) is 0 Å². The fourth-order valence-corrected chi connectivity index (χ4v) is 1.05. The lowest BCUT2D eigenvalue weighted by atomic mass is 10.0. The molecular formula is C8H15F3. The highest BCUT2D eigenvalue weighted by molar-refractivity contribution is 4.58. The Kier molecular flexibility index (Phi) is 4.54. The molecule has 0 fully saturated rings. The van der Waals surface area contributed by atoms with Gasteiger partial charge in [0.05, 0.1) is 0 Å². The van der Waals surface area contributed by atoms with Crippen molar-refractivity contribution in [3.8, 4) is 0 Å². The number of hydrogen-bond donors (Lipinski definition) is 0. The molecule has 0 aliphatic rings. The highest BCUT2D eigenvalue weighted by Gasteiger charge is 2.29. The molecule has 68 valence electrons. The van der Waals surface area contributed by atoms with Crippen LogP contribution in [0.2, 0.25) is 0 Å². The summed E-state index contributed by atoms with van der Waals surface area (Å²) in [6, 6.07) is 0. The van der Waals surface area contributed by atoms with Gasteiger partial charge in [0.25, 0.3) is 0 Å². The van der Waals surface area contributed by atoms with Crippen LogP contribution in [0.5, 0.6) is 0 Å². The largest absolute Gasteiger partial charge is 0.389 e. The minimum Gasteiger partial charge on any atom is -0.171 e. The second kappa shape index (κ2) is 4.62. The third kappa shape index (κ3) is 7.69. The van der Waals surface area contributed by atoms with Crippen LogP contribution in [0.1, 0.15) is 39.5 Å². The van der Waals surface area contributed by atoms with Crippen molar-refractivity contribution < 1.29 is 13.2 Å². The molecule has 0 amide bonds. The second-order valence-electron chi connectivity index (χ2n) is 3.07. The first-order chi connectivity index (χ1) is 4.95. The molecule has 0 radical (unpaired) electrons. The van der Waals surface area contributed by atoms with Gasteiger partial charge >= 0.3 is 6.18 Å². The highest BCUT2D eigenvalue weighted by atomic mass is 19.4. The zero-order valence-corrected chi connectivity index (χ0v) is 7.04. The van der Waals surface area contributed by atoms with Gasteiger partial charge in [0, 0.05) is 6.42 Å². The van der Waals surface area contributed by atoms with Crippen molar-refractivity contribution in [3.63, 3.8) is 0 Å². The van der Waals surface area contributed by atoms with Crippen LogP contribution in [0, 0.1) is 5.92 Å². The SMILES string of the molecule is CCCC[C@H](C)CC(F)(F)F. The van der Waals surface area contributed by atoms with E-state index in [4.69, 9.17) is 0 Å². The lowest BCUT2D eigenvalue weighted by Gasteiger charge is -2.12. The molecule has 0 saturated carbocycles. The molecule has 0 spiro atoms. The van der Waals surface area contributed by atoms with Gasteiger partial charge in [-0.05, 0) is 5.92 Å². The number of alkyl halides is 3. The van der Waals surface area contributed by atoms with Crippen LogP contribution in [0.4, 0.5) is 13.2 Å². The van der Waals surface area contributed by atoms with Crippen LogP contribution in [0.15, 0.2) is 0 Å². The molecule has 0 rings (SSSR count). The van der Waals surface area contributed by atoms with E-state index in [-0.39, 0.29) is 5.92 Å². The Hall–Kier alpha value is -0.210. The Labute approximate surface area is 65.8 Å². The van der Waals surface area contributed by atoms with Crippen molar-refractivity contribution in [1.82, 2.24) is 0 Å². The fraction of sp³-hybridized carbons (Fsp3) is 1.00. The molecule has 0 aromatic rings. The van der Waals surface area contributed by atoms with Crippen molar-refractivity contribution in [1.29, 1.82) is 0 Å². The van der Waals surface area contributed by atoms with E-state index in [1.165, 1.54) is 0 Å². The van der Waals surface area contributed by atoms with Crippen molar-refractivity contribution in [2.75, 3.05) is 0 Å². The molecular weight excluding hydrogens is 153 g/mol. The predicted molar refractivity (Wildman–Crippen MR) is 39.4 cm³/mol. The summed E-state index contributed by atoms with van der Waals surface area (Å²) in [6.45, 7) is 3.64. The van der Waals surface area contributed by atoms with Gasteiger partial charge in [-0.1, -0.05) is 33.1 Å².